The van der Waals surface area contributed by atoms with Gasteiger partial charge in [0, 0.05) is 34.7 Å². The third-order valence-corrected chi connectivity index (χ3v) is 7.02. The molecule has 0 heterocycles. The molecule has 1 aliphatic rings. The summed E-state index contributed by atoms with van der Waals surface area (Å²) in [7, 11) is 0. The topological polar surface area (TPSA) is 49.4 Å². The summed E-state index contributed by atoms with van der Waals surface area (Å²) in [5.74, 6) is 0.643. The fourth-order valence-electron chi connectivity index (χ4n) is 3.89. The maximum absolute atomic E-state index is 13.1. The summed E-state index contributed by atoms with van der Waals surface area (Å²) >= 11 is 7.57. The lowest BCUT2D eigenvalue weighted by atomic mass is 10.1. The fraction of sp³-hybridized carbons (Fsp3) is 0.440. The van der Waals surface area contributed by atoms with E-state index in [-0.39, 0.29) is 17.9 Å². The standard InChI is InChI=1S/C25H31ClN2O2S/c1-19(25(30)27-22-9-5-6-10-22)28(17-15-20-7-3-2-4-8-20)24(29)16-18-31-23-13-11-21(26)12-14-23/h2-4,7-8,11-14,19,22H,5-6,9-10,15-18H2,1H3,(H,27,30)/t19-/m1/s1. The molecule has 2 aromatic carbocycles. The Morgan fingerprint density at radius 1 is 1.10 bits per heavy atom. The highest BCUT2D eigenvalue weighted by Crippen LogP contribution is 2.22. The van der Waals surface area contributed by atoms with Crippen molar-refractivity contribution in [3.63, 3.8) is 0 Å². The Kier molecular flexibility index (Phi) is 9.29. The average Bonchev–Trinajstić information content (AvgIpc) is 3.29. The number of rotatable bonds is 10. The quantitative estimate of drug-likeness (QED) is 0.489. The molecular formula is C25H31ClN2O2S. The van der Waals surface area contributed by atoms with Crippen molar-refractivity contribution in [3.05, 3.63) is 65.2 Å². The first-order chi connectivity index (χ1) is 15.0. The molecule has 1 N–H and O–H groups in total. The van der Waals surface area contributed by atoms with Crippen molar-refractivity contribution in [1.82, 2.24) is 10.2 Å². The van der Waals surface area contributed by atoms with Gasteiger partial charge in [-0.3, -0.25) is 9.59 Å². The lowest BCUT2D eigenvalue weighted by molar-refractivity contribution is -0.139. The number of hydrogen-bond acceptors (Lipinski definition) is 3. The van der Waals surface area contributed by atoms with Gasteiger partial charge in [0.15, 0.2) is 0 Å². The van der Waals surface area contributed by atoms with Crippen LogP contribution in [-0.4, -0.2) is 41.1 Å². The molecule has 6 heteroatoms. The Morgan fingerprint density at radius 3 is 2.45 bits per heavy atom. The molecule has 3 rings (SSSR count). The molecule has 0 unspecified atom stereocenters. The van der Waals surface area contributed by atoms with Crippen LogP contribution in [0.1, 0.15) is 44.6 Å². The predicted molar refractivity (Wildman–Crippen MR) is 129 cm³/mol. The van der Waals surface area contributed by atoms with E-state index in [1.165, 1.54) is 5.56 Å². The highest BCUT2D eigenvalue weighted by atomic mass is 35.5. The number of halogens is 1. The first-order valence-electron chi connectivity index (χ1n) is 11.0. The summed E-state index contributed by atoms with van der Waals surface area (Å²) in [6, 6.07) is 17.5. The number of nitrogens with one attached hydrogen (secondary N) is 1. The van der Waals surface area contributed by atoms with Gasteiger partial charge in [0.2, 0.25) is 11.8 Å². The zero-order valence-corrected chi connectivity index (χ0v) is 19.6. The van der Waals surface area contributed by atoms with E-state index in [1.807, 2.05) is 49.4 Å². The number of nitrogens with zero attached hydrogens (tertiary/aromatic N) is 1. The Bertz CT molecular complexity index is 838. The van der Waals surface area contributed by atoms with Crippen LogP contribution in [0, 0.1) is 0 Å². The third-order valence-electron chi connectivity index (χ3n) is 5.75. The molecule has 1 aliphatic carbocycles. The van der Waals surface area contributed by atoms with Gasteiger partial charge in [0.25, 0.3) is 0 Å². The fourth-order valence-corrected chi connectivity index (χ4v) is 4.86. The van der Waals surface area contributed by atoms with Gasteiger partial charge >= 0.3 is 0 Å². The molecular weight excluding hydrogens is 428 g/mol. The normalized spacial score (nSPS) is 14.9. The van der Waals surface area contributed by atoms with Gasteiger partial charge in [-0.25, -0.2) is 0 Å². The summed E-state index contributed by atoms with van der Waals surface area (Å²) in [5, 5.41) is 3.85. The molecule has 1 fully saturated rings. The SMILES string of the molecule is C[C@H](C(=O)NC1CCCC1)N(CCc1ccccc1)C(=O)CCSc1ccc(Cl)cc1. The molecule has 1 saturated carbocycles. The molecule has 0 aliphatic heterocycles. The first kappa shape index (κ1) is 23.7. The van der Waals surface area contributed by atoms with Crippen LogP contribution in [0.5, 0.6) is 0 Å². The Labute approximate surface area is 194 Å². The van der Waals surface area contributed by atoms with Crippen LogP contribution in [0.25, 0.3) is 0 Å². The largest absolute Gasteiger partial charge is 0.352 e. The average molecular weight is 459 g/mol. The zero-order valence-electron chi connectivity index (χ0n) is 18.1. The van der Waals surface area contributed by atoms with E-state index < -0.39 is 6.04 Å². The van der Waals surface area contributed by atoms with Gasteiger partial charge < -0.3 is 10.2 Å². The second kappa shape index (κ2) is 12.2. The molecule has 4 nitrogen and oxygen atoms in total. The predicted octanol–water partition coefficient (Wildman–Crippen LogP) is 5.34. The summed E-state index contributed by atoms with van der Waals surface area (Å²) < 4.78 is 0. The maximum Gasteiger partial charge on any atom is 0.242 e. The second-order valence-electron chi connectivity index (χ2n) is 8.04. The van der Waals surface area contributed by atoms with Crippen LogP contribution in [0.4, 0.5) is 0 Å². The minimum Gasteiger partial charge on any atom is -0.352 e. The van der Waals surface area contributed by atoms with E-state index in [0.717, 1.165) is 37.0 Å². The van der Waals surface area contributed by atoms with Crippen LogP contribution >= 0.6 is 23.4 Å². The Morgan fingerprint density at radius 2 is 1.77 bits per heavy atom. The van der Waals surface area contributed by atoms with E-state index in [2.05, 4.69) is 17.4 Å². The number of thioether (sulfide) groups is 1. The van der Waals surface area contributed by atoms with Gasteiger partial charge in [-0.05, 0) is 56.0 Å². The lowest BCUT2D eigenvalue weighted by Crippen LogP contribution is -2.50. The van der Waals surface area contributed by atoms with Crippen LogP contribution in [-0.2, 0) is 16.0 Å². The Balaban J connectivity index is 1.59. The van der Waals surface area contributed by atoms with Crippen molar-refractivity contribution < 1.29 is 9.59 Å². The van der Waals surface area contributed by atoms with Crippen LogP contribution in [0.3, 0.4) is 0 Å². The van der Waals surface area contributed by atoms with Crippen molar-refractivity contribution in [2.24, 2.45) is 0 Å². The van der Waals surface area contributed by atoms with Gasteiger partial charge in [-0.15, -0.1) is 11.8 Å². The van der Waals surface area contributed by atoms with E-state index in [9.17, 15) is 9.59 Å². The van der Waals surface area contributed by atoms with E-state index in [4.69, 9.17) is 11.6 Å². The second-order valence-corrected chi connectivity index (χ2v) is 9.65. The first-order valence-corrected chi connectivity index (χ1v) is 12.4. The van der Waals surface area contributed by atoms with Crippen LogP contribution < -0.4 is 5.32 Å². The number of hydrogen-bond donors (Lipinski definition) is 1. The zero-order chi connectivity index (χ0) is 22.1. The van der Waals surface area contributed by atoms with Crippen LogP contribution in [0.15, 0.2) is 59.5 Å². The van der Waals surface area contributed by atoms with Crippen molar-refractivity contribution in [2.45, 2.75) is 62.4 Å². The highest BCUT2D eigenvalue weighted by Gasteiger charge is 2.27. The van der Waals surface area contributed by atoms with Crippen molar-refractivity contribution in [1.29, 1.82) is 0 Å². The third kappa shape index (κ3) is 7.58. The summed E-state index contributed by atoms with van der Waals surface area (Å²) in [4.78, 5) is 28.8. The van der Waals surface area contributed by atoms with Gasteiger partial charge in [-0.1, -0.05) is 54.8 Å². The molecule has 0 aromatic heterocycles. The Hall–Kier alpha value is -1.98. The number of carbonyl (C=O) groups excluding carboxylic acids is 2. The number of carbonyl (C=O) groups is 2. The van der Waals surface area contributed by atoms with E-state index in [1.54, 1.807) is 16.7 Å². The molecule has 1 atom stereocenters. The molecule has 0 radical (unpaired) electrons. The van der Waals surface area contributed by atoms with Crippen molar-refractivity contribution >= 4 is 35.2 Å². The van der Waals surface area contributed by atoms with E-state index >= 15 is 0 Å². The summed E-state index contributed by atoms with van der Waals surface area (Å²) in [6.45, 7) is 2.38. The molecule has 0 bridgehead atoms. The van der Waals surface area contributed by atoms with Crippen molar-refractivity contribution in [2.75, 3.05) is 12.3 Å². The molecule has 31 heavy (non-hydrogen) atoms. The van der Waals surface area contributed by atoms with Gasteiger partial charge in [0.05, 0.1) is 0 Å². The molecule has 0 spiro atoms. The minimum atomic E-state index is -0.475. The minimum absolute atomic E-state index is 0.0199. The lowest BCUT2D eigenvalue weighted by Gasteiger charge is -2.29. The van der Waals surface area contributed by atoms with E-state index in [0.29, 0.717) is 23.7 Å². The molecule has 2 amide bonds. The van der Waals surface area contributed by atoms with Gasteiger partial charge in [0.1, 0.15) is 6.04 Å². The number of benzene rings is 2. The van der Waals surface area contributed by atoms with Crippen molar-refractivity contribution in [3.8, 4) is 0 Å². The maximum atomic E-state index is 13.1. The molecule has 166 valence electrons. The summed E-state index contributed by atoms with van der Waals surface area (Å²) in [5.41, 5.74) is 1.17. The van der Waals surface area contributed by atoms with Crippen LogP contribution in [0.2, 0.25) is 5.02 Å². The highest BCUT2D eigenvalue weighted by molar-refractivity contribution is 7.99. The number of amides is 2. The molecule has 2 aromatic rings. The molecule has 0 saturated heterocycles. The summed E-state index contributed by atoms with van der Waals surface area (Å²) in [6.07, 6.45) is 5.53. The van der Waals surface area contributed by atoms with Gasteiger partial charge in [-0.2, -0.15) is 0 Å². The smallest absolute Gasteiger partial charge is 0.242 e. The monoisotopic (exact) mass is 458 g/mol.